The Labute approximate surface area is 105 Å². The fourth-order valence-electron chi connectivity index (χ4n) is 1.60. The van der Waals surface area contributed by atoms with E-state index in [1.807, 2.05) is 42.8 Å². The van der Waals surface area contributed by atoms with E-state index < -0.39 is 6.10 Å². The van der Waals surface area contributed by atoms with Gasteiger partial charge in [-0.15, -0.1) is 11.3 Å². The molecule has 0 spiro atoms. The van der Waals surface area contributed by atoms with Gasteiger partial charge in [0.25, 0.3) is 0 Å². The minimum atomic E-state index is -0.452. The van der Waals surface area contributed by atoms with Gasteiger partial charge < -0.3 is 10.4 Å². The molecule has 17 heavy (non-hydrogen) atoms. The molecule has 2 aromatic rings. The van der Waals surface area contributed by atoms with Gasteiger partial charge in [0.05, 0.1) is 0 Å². The van der Waals surface area contributed by atoms with Gasteiger partial charge in [0.1, 0.15) is 6.10 Å². The van der Waals surface area contributed by atoms with Crippen LogP contribution in [0.5, 0.6) is 0 Å². The van der Waals surface area contributed by atoms with Gasteiger partial charge in [-0.25, -0.2) is 0 Å². The van der Waals surface area contributed by atoms with Crippen molar-refractivity contribution in [3.63, 3.8) is 0 Å². The smallest absolute Gasteiger partial charge is 0.103 e. The van der Waals surface area contributed by atoms with Gasteiger partial charge in [0.2, 0.25) is 0 Å². The van der Waals surface area contributed by atoms with Gasteiger partial charge >= 0.3 is 0 Å². The van der Waals surface area contributed by atoms with Crippen molar-refractivity contribution in [3.8, 4) is 0 Å². The van der Waals surface area contributed by atoms with E-state index in [9.17, 15) is 5.11 Å². The van der Waals surface area contributed by atoms with Crippen LogP contribution in [-0.4, -0.2) is 16.1 Å². The number of aliphatic hydroxyl groups excluding tert-OH is 1. The normalized spacial score (nSPS) is 14.5. The van der Waals surface area contributed by atoms with Crippen LogP contribution in [0.1, 0.15) is 23.5 Å². The van der Waals surface area contributed by atoms with Gasteiger partial charge in [-0.2, -0.15) is 0 Å². The number of rotatable bonds is 5. The number of nitrogens with one attached hydrogen (secondary N) is 1. The van der Waals surface area contributed by atoms with Crippen LogP contribution in [0, 0.1) is 0 Å². The van der Waals surface area contributed by atoms with Crippen LogP contribution in [0.4, 0.5) is 0 Å². The highest BCUT2D eigenvalue weighted by atomic mass is 32.1. The fourth-order valence-corrected chi connectivity index (χ4v) is 2.41. The van der Waals surface area contributed by atoms with E-state index in [2.05, 4.69) is 10.3 Å². The molecule has 0 amide bonds. The van der Waals surface area contributed by atoms with Crippen LogP contribution in [0.25, 0.3) is 0 Å². The molecule has 0 fully saturated rings. The standard InChI is InChI=1S/C13H16N2OS/c1-10(13(16)12-5-3-7-17-12)15-9-11-4-2-6-14-8-11/h2-8,10,13,15-16H,9H2,1H3. The maximum atomic E-state index is 10.1. The Morgan fingerprint density at radius 2 is 2.29 bits per heavy atom. The Kier molecular flexibility index (Phi) is 4.25. The summed E-state index contributed by atoms with van der Waals surface area (Å²) in [7, 11) is 0. The summed E-state index contributed by atoms with van der Waals surface area (Å²) in [5, 5.41) is 15.4. The highest BCUT2D eigenvalue weighted by Gasteiger charge is 2.16. The number of thiophene rings is 1. The molecule has 2 aromatic heterocycles. The highest BCUT2D eigenvalue weighted by Crippen LogP contribution is 2.21. The van der Waals surface area contributed by atoms with E-state index in [0.29, 0.717) is 0 Å². The molecule has 0 aliphatic rings. The molecule has 4 heteroatoms. The first-order valence-electron chi connectivity index (χ1n) is 5.61. The van der Waals surface area contributed by atoms with E-state index in [1.54, 1.807) is 17.5 Å². The molecule has 2 N–H and O–H groups in total. The van der Waals surface area contributed by atoms with Crippen LogP contribution in [-0.2, 0) is 6.54 Å². The molecule has 0 radical (unpaired) electrons. The molecule has 0 aliphatic carbocycles. The summed E-state index contributed by atoms with van der Waals surface area (Å²) in [6, 6.07) is 7.87. The lowest BCUT2D eigenvalue weighted by Gasteiger charge is -2.19. The Morgan fingerprint density at radius 3 is 2.94 bits per heavy atom. The number of hydrogen-bond acceptors (Lipinski definition) is 4. The molecule has 2 atom stereocenters. The highest BCUT2D eigenvalue weighted by molar-refractivity contribution is 7.10. The summed E-state index contributed by atoms with van der Waals surface area (Å²) >= 11 is 1.58. The second-order valence-corrected chi connectivity index (χ2v) is 4.97. The minimum Gasteiger partial charge on any atom is -0.386 e. The number of nitrogens with zero attached hydrogens (tertiary/aromatic N) is 1. The van der Waals surface area contributed by atoms with Crippen molar-refractivity contribution in [2.75, 3.05) is 0 Å². The molecule has 2 rings (SSSR count). The third-order valence-corrected chi connectivity index (χ3v) is 3.60. The predicted molar refractivity (Wildman–Crippen MR) is 69.8 cm³/mol. The molecule has 0 bridgehead atoms. The minimum absolute atomic E-state index is 0.0221. The first-order chi connectivity index (χ1) is 8.27. The van der Waals surface area contributed by atoms with Crippen molar-refractivity contribution in [3.05, 3.63) is 52.5 Å². The lowest BCUT2D eigenvalue weighted by atomic mass is 10.1. The second-order valence-electron chi connectivity index (χ2n) is 3.99. The average molecular weight is 248 g/mol. The fraction of sp³-hybridized carbons (Fsp3) is 0.308. The van der Waals surface area contributed by atoms with E-state index in [-0.39, 0.29) is 6.04 Å². The number of pyridine rings is 1. The predicted octanol–water partition coefficient (Wildman–Crippen LogP) is 2.35. The van der Waals surface area contributed by atoms with Crippen LogP contribution in [0.15, 0.2) is 42.0 Å². The van der Waals surface area contributed by atoms with Crippen molar-refractivity contribution >= 4 is 11.3 Å². The first kappa shape index (κ1) is 12.2. The van der Waals surface area contributed by atoms with Gasteiger partial charge in [0, 0.05) is 29.9 Å². The molecule has 0 aliphatic heterocycles. The summed E-state index contributed by atoms with van der Waals surface area (Å²) in [5.74, 6) is 0. The molecule has 0 aromatic carbocycles. The average Bonchev–Trinajstić information content (AvgIpc) is 2.90. The Morgan fingerprint density at radius 1 is 1.41 bits per heavy atom. The van der Waals surface area contributed by atoms with Crippen molar-refractivity contribution < 1.29 is 5.11 Å². The summed E-state index contributed by atoms with van der Waals surface area (Å²) < 4.78 is 0. The van der Waals surface area contributed by atoms with Crippen molar-refractivity contribution in [1.82, 2.24) is 10.3 Å². The molecule has 2 heterocycles. The zero-order chi connectivity index (χ0) is 12.1. The largest absolute Gasteiger partial charge is 0.386 e. The van der Waals surface area contributed by atoms with Crippen molar-refractivity contribution in [2.24, 2.45) is 0 Å². The quantitative estimate of drug-likeness (QED) is 0.853. The number of aromatic nitrogens is 1. The summed E-state index contributed by atoms with van der Waals surface area (Å²) in [4.78, 5) is 5.05. The Bertz CT molecular complexity index is 430. The maximum absolute atomic E-state index is 10.1. The zero-order valence-electron chi connectivity index (χ0n) is 9.71. The third kappa shape index (κ3) is 3.36. The molecule has 0 saturated heterocycles. The van der Waals surface area contributed by atoms with E-state index >= 15 is 0 Å². The summed E-state index contributed by atoms with van der Waals surface area (Å²) in [6.45, 7) is 2.71. The van der Waals surface area contributed by atoms with Crippen LogP contribution in [0.3, 0.4) is 0 Å². The molecule has 0 saturated carbocycles. The lowest BCUT2D eigenvalue weighted by molar-refractivity contribution is 0.139. The lowest BCUT2D eigenvalue weighted by Crippen LogP contribution is -2.31. The van der Waals surface area contributed by atoms with E-state index in [4.69, 9.17) is 0 Å². The van der Waals surface area contributed by atoms with Gasteiger partial charge in [-0.3, -0.25) is 4.98 Å². The summed E-state index contributed by atoms with van der Waals surface area (Å²) in [6.07, 6.45) is 3.14. The number of hydrogen-bond donors (Lipinski definition) is 2. The third-order valence-electron chi connectivity index (χ3n) is 2.66. The maximum Gasteiger partial charge on any atom is 0.103 e. The molecular formula is C13H16N2OS. The molecule has 3 nitrogen and oxygen atoms in total. The first-order valence-corrected chi connectivity index (χ1v) is 6.49. The van der Waals surface area contributed by atoms with Crippen LogP contribution >= 0.6 is 11.3 Å². The topological polar surface area (TPSA) is 45.2 Å². The monoisotopic (exact) mass is 248 g/mol. The molecule has 90 valence electrons. The van der Waals surface area contributed by atoms with Crippen molar-refractivity contribution in [1.29, 1.82) is 0 Å². The Hall–Kier alpha value is -1.23. The van der Waals surface area contributed by atoms with Crippen LogP contribution < -0.4 is 5.32 Å². The van der Waals surface area contributed by atoms with E-state index in [0.717, 1.165) is 17.0 Å². The SMILES string of the molecule is CC(NCc1cccnc1)C(O)c1cccs1. The molecule has 2 unspecified atom stereocenters. The van der Waals surface area contributed by atoms with Gasteiger partial charge in [-0.1, -0.05) is 12.1 Å². The second kappa shape index (κ2) is 5.91. The number of aliphatic hydroxyl groups is 1. The van der Waals surface area contributed by atoms with Crippen LogP contribution in [0.2, 0.25) is 0 Å². The van der Waals surface area contributed by atoms with E-state index in [1.165, 1.54) is 0 Å². The Balaban J connectivity index is 1.87. The van der Waals surface area contributed by atoms with Gasteiger partial charge in [-0.05, 0) is 30.0 Å². The molecular weight excluding hydrogens is 232 g/mol. The summed E-state index contributed by atoms with van der Waals surface area (Å²) in [5.41, 5.74) is 1.12. The van der Waals surface area contributed by atoms with Gasteiger partial charge in [0.15, 0.2) is 0 Å². The zero-order valence-corrected chi connectivity index (χ0v) is 10.5. The van der Waals surface area contributed by atoms with Crippen molar-refractivity contribution in [2.45, 2.75) is 25.6 Å².